The van der Waals surface area contributed by atoms with Crippen molar-refractivity contribution in [1.82, 2.24) is 15.0 Å². The number of anilines is 1. The summed E-state index contributed by atoms with van der Waals surface area (Å²) in [6.45, 7) is 8.20. The molecular weight excluding hydrogens is 311 g/mol. The van der Waals surface area contributed by atoms with Crippen LogP contribution in [0.15, 0.2) is 22.7 Å². The van der Waals surface area contributed by atoms with Crippen molar-refractivity contribution >= 4 is 11.5 Å². The minimum Gasteiger partial charge on any atom is -0.368 e. The van der Waals surface area contributed by atoms with E-state index in [2.05, 4.69) is 19.9 Å². The fourth-order valence-corrected chi connectivity index (χ4v) is 3.11. The van der Waals surface area contributed by atoms with E-state index in [0.717, 1.165) is 13.1 Å². The van der Waals surface area contributed by atoms with E-state index in [9.17, 15) is 9.18 Å². The van der Waals surface area contributed by atoms with Crippen LogP contribution in [0.25, 0.3) is 0 Å². The Bertz CT molecular complexity index is 738. The number of hydrogen-bond acceptors (Lipinski definition) is 6. The fraction of sp³-hybridized carbons (Fsp3) is 0.471. The molecule has 6 nitrogen and oxygen atoms in total. The summed E-state index contributed by atoms with van der Waals surface area (Å²) >= 11 is 0. The first-order valence-electron chi connectivity index (χ1n) is 8.06. The van der Waals surface area contributed by atoms with Gasteiger partial charge in [0, 0.05) is 26.2 Å². The van der Waals surface area contributed by atoms with Gasteiger partial charge < -0.3 is 9.42 Å². The van der Waals surface area contributed by atoms with E-state index in [0.29, 0.717) is 30.5 Å². The molecule has 128 valence electrons. The molecule has 1 fully saturated rings. The smallest absolute Gasteiger partial charge is 0.243 e. The van der Waals surface area contributed by atoms with Gasteiger partial charge >= 0.3 is 0 Å². The lowest BCUT2D eigenvalue weighted by Crippen LogP contribution is -2.47. The standard InChI is InChI=1S/C17H21FN4O2/c1-11(17-19-13(3)20-24-17)21-7-9-22(10-8-21)15-6-4-5-14(18)16(15)12(2)23/h4-6,11H,7-10H2,1-3H3. The van der Waals surface area contributed by atoms with Gasteiger partial charge in [0.05, 0.1) is 17.3 Å². The number of aromatic nitrogens is 2. The number of aryl methyl sites for hydroxylation is 1. The van der Waals surface area contributed by atoms with E-state index in [-0.39, 0.29) is 17.4 Å². The zero-order valence-corrected chi connectivity index (χ0v) is 14.1. The molecule has 2 aromatic rings. The largest absolute Gasteiger partial charge is 0.368 e. The number of carbonyl (C=O) groups is 1. The molecular formula is C17H21FN4O2. The predicted molar refractivity (Wildman–Crippen MR) is 87.6 cm³/mol. The zero-order chi connectivity index (χ0) is 17.3. The summed E-state index contributed by atoms with van der Waals surface area (Å²) in [4.78, 5) is 20.4. The minimum absolute atomic E-state index is 0.0353. The van der Waals surface area contributed by atoms with Gasteiger partial charge in [0.25, 0.3) is 0 Å². The molecule has 0 saturated carbocycles. The first-order valence-corrected chi connectivity index (χ1v) is 8.06. The Hall–Kier alpha value is -2.28. The number of hydrogen-bond donors (Lipinski definition) is 0. The van der Waals surface area contributed by atoms with E-state index in [1.807, 2.05) is 6.92 Å². The Morgan fingerprint density at radius 3 is 2.58 bits per heavy atom. The Morgan fingerprint density at radius 2 is 2.00 bits per heavy atom. The number of halogens is 1. The molecule has 1 unspecified atom stereocenters. The van der Waals surface area contributed by atoms with Gasteiger partial charge in [-0.2, -0.15) is 4.98 Å². The van der Waals surface area contributed by atoms with Crippen molar-refractivity contribution in [2.75, 3.05) is 31.1 Å². The molecule has 1 atom stereocenters. The molecule has 1 aromatic heterocycles. The summed E-state index contributed by atoms with van der Waals surface area (Å²) in [6.07, 6.45) is 0. The van der Waals surface area contributed by atoms with Crippen LogP contribution in [0.1, 0.15) is 42.0 Å². The highest BCUT2D eigenvalue weighted by Crippen LogP contribution is 2.27. The molecule has 7 heteroatoms. The molecule has 1 aromatic carbocycles. The molecule has 0 bridgehead atoms. The number of piperazine rings is 1. The van der Waals surface area contributed by atoms with Crippen LogP contribution in [0.4, 0.5) is 10.1 Å². The number of carbonyl (C=O) groups excluding carboxylic acids is 1. The Labute approximate surface area is 140 Å². The summed E-state index contributed by atoms with van der Waals surface area (Å²) in [7, 11) is 0. The number of Topliss-reactive ketones (excluding diaryl/α,β-unsaturated/α-hetero) is 1. The van der Waals surface area contributed by atoms with Crippen molar-refractivity contribution in [3.8, 4) is 0 Å². The third kappa shape index (κ3) is 3.17. The van der Waals surface area contributed by atoms with Crippen molar-refractivity contribution in [2.45, 2.75) is 26.8 Å². The first-order chi connectivity index (χ1) is 11.5. The Kier molecular flexibility index (Phi) is 4.62. The molecule has 0 radical (unpaired) electrons. The molecule has 1 saturated heterocycles. The molecule has 0 amide bonds. The van der Waals surface area contributed by atoms with Crippen molar-refractivity contribution in [3.63, 3.8) is 0 Å². The quantitative estimate of drug-likeness (QED) is 0.802. The maximum Gasteiger partial charge on any atom is 0.243 e. The normalized spacial score (nSPS) is 17.1. The average Bonchev–Trinajstić information content (AvgIpc) is 3.00. The third-order valence-corrected chi connectivity index (χ3v) is 4.45. The average molecular weight is 332 g/mol. The summed E-state index contributed by atoms with van der Waals surface area (Å²) < 4.78 is 19.2. The summed E-state index contributed by atoms with van der Waals surface area (Å²) in [5, 5.41) is 3.83. The lowest BCUT2D eigenvalue weighted by molar-refractivity contribution is 0.101. The third-order valence-electron chi connectivity index (χ3n) is 4.45. The molecule has 1 aliphatic heterocycles. The van der Waals surface area contributed by atoms with Crippen LogP contribution in [0.2, 0.25) is 0 Å². The minimum atomic E-state index is -0.461. The molecule has 0 N–H and O–H groups in total. The van der Waals surface area contributed by atoms with Gasteiger partial charge in [-0.05, 0) is 32.9 Å². The maximum absolute atomic E-state index is 14.0. The summed E-state index contributed by atoms with van der Waals surface area (Å²) in [5.41, 5.74) is 0.843. The number of ketones is 1. The Morgan fingerprint density at radius 1 is 1.29 bits per heavy atom. The first kappa shape index (κ1) is 16.6. The number of benzene rings is 1. The van der Waals surface area contributed by atoms with Gasteiger partial charge in [-0.15, -0.1) is 0 Å². The second-order valence-electron chi connectivity index (χ2n) is 6.07. The molecule has 3 rings (SSSR count). The number of nitrogens with zero attached hydrogens (tertiary/aromatic N) is 4. The van der Waals surface area contributed by atoms with Gasteiger partial charge in [0.2, 0.25) is 5.89 Å². The topological polar surface area (TPSA) is 62.5 Å². The molecule has 24 heavy (non-hydrogen) atoms. The van der Waals surface area contributed by atoms with Gasteiger partial charge in [-0.3, -0.25) is 9.69 Å². The highest BCUT2D eigenvalue weighted by molar-refractivity contribution is 6.00. The maximum atomic E-state index is 14.0. The van der Waals surface area contributed by atoms with Crippen LogP contribution in [0.5, 0.6) is 0 Å². The van der Waals surface area contributed by atoms with Gasteiger partial charge in [-0.1, -0.05) is 11.2 Å². The summed E-state index contributed by atoms with van der Waals surface area (Å²) in [5.74, 6) is 0.523. The molecule has 2 heterocycles. The van der Waals surface area contributed by atoms with E-state index in [1.165, 1.54) is 13.0 Å². The lowest BCUT2D eigenvalue weighted by atomic mass is 10.1. The van der Waals surface area contributed by atoms with E-state index in [1.54, 1.807) is 19.1 Å². The zero-order valence-electron chi connectivity index (χ0n) is 14.1. The lowest BCUT2D eigenvalue weighted by Gasteiger charge is -2.38. The van der Waals surface area contributed by atoms with E-state index >= 15 is 0 Å². The summed E-state index contributed by atoms with van der Waals surface area (Å²) in [6, 6.07) is 4.82. The van der Waals surface area contributed by atoms with Crippen LogP contribution in [-0.4, -0.2) is 47.0 Å². The van der Waals surface area contributed by atoms with Crippen molar-refractivity contribution in [1.29, 1.82) is 0 Å². The highest BCUT2D eigenvalue weighted by Gasteiger charge is 2.27. The molecule has 1 aliphatic rings. The van der Waals surface area contributed by atoms with E-state index < -0.39 is 5.82 Å². The second kappa shape index (κ2) is 6.68. The monoisotopic (exact) mass is 332 g/mol. The van der Waals surface area contributed by atoms with Crippen molar-refractivity contribution in [2.24, 2.45) is 0 Å². The highest BCUT2D eigenvalue weighted by atomic mass is 19.1. The fourth-order valence-electron chi connectivity index (χ4n) is 3.11. The van der Waals surface area contributed by atoms with Gasteiger partial charge in [-0.25, -0.2) is 4.39 Å². The molecule has 0 spiro atoms. The SMILES string of the molecule is CC(=O)c1c(F)cccc1N1CCN(C(C)c2nc(C)no2)CC1. The van der Waals surface area contributed by atoms with Crippen molar-refractivity contribution in [3.05, 3.63) is 41.3 Å². The van der Waals surface area contributed by atoms with Crippen LogP contribution in [0, 0.1) is 12.7 Å². The Balaban J connectivity index is 1.72. The van der Waals surface area contributed by atoms with E-state index in [4.69, 9.17) is 4.52 Å². The van der Waals surface area contributed by atoms with Gasteiger partial charge in [0.15, 0.2) is 11.6 Å². The van der Waals surface area contributed by atoms with Crippen LogP contribution < -0.4 is 4.90 Å². The van der Waals surface area contributed by atoms with Crippen molar-refractivity contribution < 1.29 is 13.7 Å². The second-order valence-corrected chi connectivity index (χ2v) is 6.07. The number of rotatable bonds is 4. The molecule has 0 aliphatic carbocycles. The van der Waals surface area contributed by atoms with Gasteiger partial charge in [0.1, 0.15) is 5.82 Å². The van der Waals surface area contributed by atoms with Crippen LogP contribution in [-0.2, 0) is 0 Å². The van der Waals surface area contributed by atoms with Crippen LogP contribution in [0.3, 0.4) is 0 Å². The predicted octanol–water partition coefficient (Wildman–Crippen LogP) is 2.60. The van der Waals surface area contributed by atoms with Crippen LogP contribution >= 0.6 is 0 Å².